The number of likely N-dealkylation sites (N-methyl/N-ethyl adjacent to an activating group) is 1. The fourth-order valence-electron chi connectivity index (χ4n) is 2.68. The van der Waals surface area contributed by atoms with E-state index in [1.165, 1.54) is 19.2 Å². The van der Waals surface area contributed by atoms with Crippen molar-refractivity contribution in [1.29, 1.82) is 0 Å². The normalized spacial score (nSPS) is 11.2. The van der Waals surface area contributed by atoms with Crippen molar-refractivity contribution >= 4 is 23.6 Å². The van der Waals surface area contributed by atoms with E-state index in [2.05, 4.69) is 14.8 Å². The molecule has 0 aliphatic rings. The molecule has 0 fully saturated rings. The van der Waals surface area contributed by atoms with Gasteiger partial charge in [0.1, 0.15) is 11.5 Å². The fraction of sp³-hybridized carbons (Fsp3) is 0.273. The summed E-state index contributed by atoms with van der Waals surface area (Å²) in [6.07, 6.45) is 2.22. The minimum absolute atomic E-state index is 0.0357. The van der Waals surface area contributed by atoms with Crippen molar-refractivity contribution in [3.8, 4) is 11.5 Å². The van der Waals surface area contributed by atoms with Crippen LogP contribution in [-0.4, -0.2) is 43.5 Å². The molecular formula is C22H22F4N2O4. The lowest BCUT2D eigenvalue weighted by Gasteiger charge is -2.16. The molecule has 0 bridgehead atoms. The van der Waals surface area contributed by atoms with E-state index in [9.17, 15) is 27.2 Å². The number of alkyl halides is 4. The molecule has 0 unspecified atom stereocenters. The van der Waals surface area contributed by atoms with Crippen molar-refractivity contribution in [2.75, 3.05) is 18.9 Å². The number of nitrogens with one attached hydrogen (secondary N) is 1. The molecule has 2 aromatic rings. The number of nitrogens with zero attached hydrogens (tertiary/aromatic N) is 1. The second kappa shape index (κ2) is 11.2. The van der Waals surface area contributed by atoms with Crippen molar-refractivity contribution in [1.82, 2.24) is 4.90 Å². The predicted octanol–water partition coefficient (Wildman–Crippen LogP) is 4.62. The number of carbonyl (C=O) groups is 2. The van der Waals surface area contributed by atoms with Crippen LogP contribution < -0.4 is 14.8 Å². The van der Waals surface area contributed by atoms with Gasteiger partial charge >= 0.3 is 13.2 Å². The molecule has 0 saturated heterocycles. The molecule has 172 valence electrons. The minimum atomic E-state index is -3.21. The van der Waals surface area contributed by atoms with Gasteiger partial charge < -0.3 is 19.7 Å². The van der Waals surface area contributed by atoms with Crippen LogP contribution in [0.4, 0.5) is 23.2 Å². The van der Waals surface area contributed by atoms with Gasteiger partial charge in [0.2, 0.25) is 11.8 Å². The van der Waals surface area contributed by atoms with Gasteiger partial charge in [-0.1, -0.05) is 12.1 Å². The fourth-order valence-corrected chi connectivity index (χ4v) is 2.68. The highest BCUT2D eigenvalue weighted by atomic mass is 19.3. The predicted molar refractivity (Wildman–Crippen MR) is 111 cm³/mol. The van der Waals surface area contributed by atoms with E-state index in [0.29, 0.717) is 5.69 Å². The van der Waals surface area contributed by atoms with E-state index in [1.807, 2.05) is 19.9 Å². The number of carbonyl (C=O) groups excluding carboxylic acids is 2. The van der Waals surface area contributed by atoms with E-state index >= 15 is 0 Å². The Labute approximate surface area is 182 Å². The minimum Gasteiger partial charge on any atom is -0.435 e. The molecule has 0 atom stereocenters. The third-order valence-corrected chi connectivity index (χ3v) is 4.47. The van der Waals surface area contributed by atoms with Gasteiger partial charge in [-0.05, 0) is 49.2 Å². The Balaban J connectivity index is 2.06. The number of anilines is 1. The quantitative estimate of drug-likeness (QED) is 0.444. The zero-order chi connectivity index (χ0) is 23.8. The monoisotopic (exact) mass is 454 g/mol. The van der Waals surface area contributed by atoms with Gasteiger partial charge in [-0.2, -0.15) is 17.6 Å². The van der Waals surface area contributed by atoms with E-state index in [0.717, 1.165) is 34.2 Å². The molecule has 0 saturated carbocycles. The molecule has 0 radical (unpaired) electrons. The van der Waals surface area contributed by atoms with Gasteiger partial charge in [0, 0.05) is 30.4 Å². The van der Waals surface area contributed by atoms with Crippen molar-refractivity contribution in [2.45, 2.75) is 27.1 Å². The van der Waals surface area contributed by atoms with E-state index in [1.54, 1.807) is 12.1 Å². The standard InChI is InChI=1S/C22H22F4N2O4/c1-13-5-4-6-17(14(13)2)27-19(29)12-28(3)20(30)10-8-15-7-9-16(31-21(23)24)11-18(15)32-22(25)26/h4-11,21-22H,12H2,1-3H3,(H,27,29)/b10-8+. The maximum Gasteiger partial charge on any atom is 0.387 e. The summed E-state index contributed by atoms with van der Waals surface area (Å²) in [5, 5.41) is 2.73. The highest BCUT2D eigenvalue weighted by molar-refractivity contribution is 5.98. The van der Waals surface area contributed by atoms with Crippen LogP contribution in [0.5, 0.6) is 11.5 Å². The van der Waals surface area contributed by atoms with Gasteiger partial charge in [-0.3, -0.25) is 9.59 Å². The first-order valence-electron chi connectivity index (χ1n) is 9.39. The Kier molecular flexibility index (Phi) is 8.62. The summed E-state index contributed by atoms with van der Waals surface area (Å²) in [6, 6.07) is 8.62. The molecule has 32 heavy (non-hydrogen) atoms. The summed E-state index contributed by atoms with van der Waals surface area (Å²) in [4.78, 5) is 25.7. The third kappa shape index (κ3) is 7.29. The number of rotatable bonds is 9. The maximum absolute atomic E-state index is 12.6. The summed E-state index contributed by atoms with van der Waals surface area (Å²) >= 11 is 0. The van der Waals surface area contributed by atoms with Crippen LogP contribution in [0.3, 0.4) is 0 Å². The number of benzene rings is 2. The highest BCUT2D eigenvalue weighted by Crippen LogP contribution is 2.28. The lowest BCUT2D eigenvalue weighted by atomic mass is 10.1. The Hall–Kier alpha value is -3.56. The molecule has 0 aromatic heterocycles. The van der Waals surface area contributed by atoms with Crippen molar-refractivity contribution in [3.63, 3.8) is 0 Å². The Morgan fingerprint density at radius 3 is 2.41 bits per heavy atom. The van der Waals surface area contributed by atoms with Crippen LogP contribution in [-0.2, 0) is 9.59 Å². The largest absolute Gasteiger partial charge is 0.435 e. The van der Waals surface area contributed by atoms with Gasteiger partial charge in [0.05, 0.1) is 6.54 Å². The first-order chi connectivity index (χ1) is 15.1. The molecule has 1 N–H and O–H groups in total. The lowest BCUT2D eigenvalue weighted by Crippen LogP contribution is -2.34. The van der Waals surface area contributed by atoms with E-state index in [-0.39, 0.29) is 17.9 Å². The Bertz CT molecular complexity index is 996. The van der Waals surface area contributed by atoms with Crippen molar-refractivity contribution < 1.29 is 36.6 Å². The number of hydrogen-bond acceptors (Lipinski definition) is 4. The maximum atomic E-state index is 12.6. The second-order valence-corrected chi connectivity index (χ2v) is 6.78. The SMILES string of the molecule is Cc1cccc(NC(=O)CN(C)C(=O)/C=C/c2ccc(OC(F)F)cc2OC(F)F)c1C. The number of hydrogen-bond donors (Lipinski definition) is 1. The summed E-state index contributed by atoms with van der Waals surface area (Å²) < 4.78 is 58.4. The summed E-state index contributed by atoms with van der Waals surface area (Å²) in [6.45, 7) is -2.84. The van der Waals surface area contributed by atoms with Crippen molar-refractivity contribution in [3.05, 3.63) is 59.2 Å². The molecule has 10 heteroatoms. The van der Waals surface area contributed by atoms with Crippen LogP contribution in [0.25, 0.3) is 6.08 Å². The Morgan fingerprint density at radius 2 is 1.75 bits per heavy atom. The summed E-state index contributed by atoms with van der Waals surface area (Å²) in [7, 11) is 1.39. The second-order valence-electron chi connectivity index (χ2n) is 6.78. The molecule has 2 rings (SSSR count). The highest BCUT2D eigenvalue weighted by Gasteiger charge is 2.15. The van der Waals surface area contributed by atoms with Crippen LogP contribution in [0.1, 0.15) is 16.7 Å². The van der Waals surface area contributed by atoms with Gasteiger partial charge in [-0.25, -0.2) is 0 Å². The van der Waals surface area contributed by atoms with Crippen LogP contribution in [0.15, 0.2) is 42.5 Å². The van der Waals surface area contributed by atoms with Crippen molar-refractivity contribution in [2.24, 2.45) is 0 Å². The molecule has 2 aromatic carbocycles. The average molecular weight is 454 g/mol. The molecule has 0 heterocycles. The Morgan fingerprint density at radius 1 is 1.06 bits per heavy atom. The van der Waals surface area contributed by atoms with Crippen LogP contribution in [0, 0.1) is 13.8 Å². The molecule has 0 aliphatic carbocycles. The zero-order valence-electron chi connectivity index (χ0n) is 17.6. The van der Waals surface area contributed by atoms with Gasteiger partial charge in [0.15, 0.2) is 0 Å². The first-order valence-corrected chi connectivity index (χ1v) is 9.39. The van der Waals surface area contributed by atoms with Crippen LogP contribution in [0.2, 0.25) is 0 Å². The molecule has 0 aliphatic heterocycles. The smallest absolute Gasteiger partial charge is 0.387 e. The number of ether oxygens (including phenoxy) is 2. The summed E-state index contributed by atoms with van der Waals surface area (Å²) in [5.74, 6) is -1.83. The zero-order valence-corrected chi connectivity index (χ0v) is 17.6. The summed E-state index contributed by atoms with van der Waals surface area (Å²) in [5.41, 5.74) is 2.57. The molecule has 6 nitrogen and oxygen atoms in total. The topological polar surface area (TPSA) is 67.9 Å². The van der Waals surface area contributed by atoms with Gasteiger partial charge in [-0.15, -0.1) is 0 Å². The first kappa shape index (κ1) is 24.7. The number of aryl methyl sites for hydroxylation is 1. The number of halogens is 4. The molecule has 0 spiro atoms. The van der Waals surface area contributed by atoms with Gasteiger partial charge in [0.25, 0.3) is 0 Å². The third-order valence-electron chi connectivity index (χ3n) is 4.47. The van der Waals surface area contributed by atoms with Crippen LogP contribution >= 0.6 is 0 Å². The van der Waals surface area contributed by atoms with E-state index < -0.39 is 30.8 Å². The molecular weight excluding hydrogens is 432 g/mol. The lowest BCUT2D eigenvalue weighted by molar-refractivity contribution is -0.129. The average Bonchev–Trinajstić information content (AvgIpc) is 2.69. The number of amides is 2. The van der Waals surface area contributed by atoms with E-state index in [4.69, 9.17) is 0 Å². The molecule has 2 amide bonds.